The lowest BCUT2D eigenvalue weighted by atomic mass is 10.2. The lowest BCUT2D eigenvalue weighted by Gasteiger charge is -2.10. The zero-order valence-corrected chi connectivity index (χ0v) is 9.45. The zero-order chi connectivity index (χ0) is 12.0. The second kappa shape index (κ2) is 5.90. The van der Waals surface area contributed by atoms with E-state index in [9.17, 15) is 9.59 Å². The summed E-state index contributed by atoms with van der Waals surface area (Å²) >= 11 is 0. The fraction of sp³-hybridized carbons (Fsp3) is 0.333. The van der Waals surface area contributed by atoms with Gasteiger partial charge < -0.3 is 10.1 Å². The van der Waals surface area contributed by atoms with E-state index in [1.165, 1.54) is 7.11 Å². The van der Waals surface area contributed by atoms with Crippen LogP contribution in [0.15, 0.2) is 18.2 Å². The molecule has 4 heteroatoms. The Morgan fingerprint density at radius 3 is 2.81 bits per heavy atom. The first kappa shape index (κ1) is 12.2. The van der Waals surface area contributed by atoms with Crippen LogP contribution in [0, 0.1) is 0 Å². The van der Waals surface area contributed by atoms with Crippen molar-refractivity contribution in [3.8, 4) is 5.75 Å². The molecule has 0 aliphatic carbocycles. The molecule has 86 valence electrons. The van der Waals surface area contributed by atoms with Gasteiger partial charge in [0.2, 0.25) is 5.91 Å². The average molecular weight is 221 g/mol. The summed E-state index contributed by atoms with van der Waals surface area (Å²) in [6, 6.07) is 4.89. The molecule has 0 bridgehead atoms. The van der Waals surface area contributed by atoms with Gasteiger partial charge in [0.15, 0.2) is 0 Å². The number of hydrogen-bond acceptors (Lipinski definition) is 3. The predicted octanol–water partition coefficient (Wildman–Crippen LogP) is 2.25. The van der Waals surface area contributed by atoms with Crippen molar-refractivity contribution in [3.63, 3.8) is 0 Å². The fourth-order valence-corrected chi connectivity index (χ4v) is 1.34. The van der Waals surface area contributed by atoms with Gasteiger partial charge in [-0.2, -0.15) is 0 Å². The number of benzene rings is 1. The molecule has 1 aromatic carbocycles. The molecule has 1 rings (SSSR count). The first-order chi connectivity index (χ1) is 7.71. The summed E-state index contributed by atoms with van der Waals surface area (Å²) in [6.45, 7) is 1.93. The summed E-state index contributed by atoms with van der Waals surface area (Å²) < 4.78 is 5.09. The van der Waals surface area contributed by atoms with Gasteiger partial charge in [-0.15, -0.1) is 0 Å². The number of rotatable bonds is 5. The normalized spacial score (nSPS) is 9.62. The lowest BCUT2D eigenvalue weighted by Crippen LogP contribution is -2.11. The van der Waals surface area contributed by atoms with Crippen LogP contribution in [0.1, 0.15) is 30.1 Å². The Morgan fingerprint density at radius 2 is 2.25 bits per heavy atom. The van der Waals surface area contributed by atoms with Crippen molar-refractivity contribution >= 4 is 17.9 Å². The van der Waals surface area contributed by atoms with Gasteiger partial charge in [0, 0.05) is 12.0 Å². The third-order valence-electron chi connectivity index (χ3n) is 2.11. The Bertz CT molecular complexity index is 388. The van der Waals surface area contributed by atoms with Gasteiger partial charge >= 0.3 is 0 Å². The number of nitrogens with one attached hydrogen (secondary N) is 1. The van der Waals surface area contributed by atoms with Crippen LogP contribution in [0.5, 0.6) is 5.75 Å². The van der Waals surface area contributed by atoms with Crippen LogP contribution in [0.4, 0.5) is 5.69 Å². The van der Waals surface area contributed by atoms with Gasteiger partial charge in [-0.3, -0.25) is 9.59 Å². The van der Waals surface area contributed by atoms with Crippen molar-refractivity contribution in [3.05, 3.63) is 23.8 Å². The number of amides is 1. The number of ether oxygens (including phenoxy) is 1. The minimum Gasteiger partial charge on any atom is -0.495 e. The van der Waals surface area contributed by atoms with Crippen LogP contribution in [0.3, 0.4) is 0 Å². The number of anilines is 1. The zero-order valence-electron chi connectivity index (χ0n) is 9.45. The molecular weight excluding hydrogens is 206 g/mol. The van der Waals surface area contributed by atoms with E-state index in [4.69, 9.17) is 4.74 Å². The average Bonchev–Trinajstić information content (AvgIpc) is 2.29. The predicted molar refractivity (Wildman–Crippen MR) is 61.9 cm³/mol. The third-order valence-corrected chi connectivity index (χ3v) is 2.11. The van der Waals surface area contributed by atoms with Crippen LogP contribution in [0.25, 0.3) is 0 Å². The number of carbonyl (C=O) groups excluding carboxylic acids is 2. The summed E-state index contributed by atoms with van der Waals surface area (Å²) in [6.07, 6.45) is 1.96. The second-order valence-electron chi connectivity index (χ2n) is 3.38. The van der Waals surface area contributed by atoms with E-state index in [-0.39, 0.29) is 5.91 Å². The molecule has 0 atom stereocenters. The first-order valence-electron chi connectivity index (χ1n) is 5.14. The molecule has 0 aliphatic rings. The second-order valence-corrected chi connectivity index (χ2v) is 3.38. The van der Waals surface area contributed by atoms with Gasteiger partial charge in [0.1, 0.15) is 12.0 Å². The van der Waals surface area contributed by atoms with Crippen LogP contribution < -0.4 is 10.1 Å². The van der Waals surface area contributed by atoms with Gasteiger partial charge in [-0.25, -0.2) is 0 Å². The minimum absolute atomic E-state index is 0.0798. The van der Waals surface area contributed by atoms with Crippen molar-refractivity contribution in [2.24, 2.45) is 0 Å². The van der Waals surface area contributed by atoms with E-state index < -0.39 is 0 Å². The summed E-state index contributed by atoms with van der Waals surface area (Å²) in [7, 11) is 1.52. The molecule has 4 nitrogen and oxygen atoms in total. The summed E-state index contributed by atoms with van der Waals surface area (Å²) in [5.41, 5.74) is 1.04. The highest BCUT2D eigenvalue weighted by Crippen LogP contribution is 2.25. The van der Waals surface area contributed by atoms with Gasteiger partial charge in [-0.05, 0) is 24.6 Å². The van der Waals surface area contributed by atoms with E-state index in [0.717, 1.165) is 12.7 Å². The van der Waals surface area contributed by atoms with E-state index in [1.54, 1.807) is 18.2 Å². The molecule has 0 unspecified atom stereocenters. The maximum atomic E-state index is 11.4. The smallest absolute Gasteiger partial charge is 0.224 e. The molecule has 0 fully saturated rings. The third kappa shape index (κ3) is 3.08. The van der Waals surface area contributed by atoms with Crippen molar-refractivity contribution in [2.45, 2.75) is 19.8 Å². The molecule has 0 spiro atoms. The summed E-state index contributed by atoms with van der Waals surface area (Å²) in [5, 5.41) is 2.71. The largest absolute Gasteiger partial charge is 0.495 e. The molecular formula is C12H15NO3. The Labute approximate surface area is 94.6 Å². The molecule has 1 N–H and O–H groups in total. The molecule has 0 saturated carbocycles. The number of carbonyl (C=O) groups is 2. The highest BCUT2D eigenvalue weighted by atomic mass is 16.5. The monoisotopic (exact) mass is 221 g/mol. The topological polar surface area (TPSA) is 55.4 Å². The Morgan fingerprint density at radius 1 is 1.50 bits per heavy atom. The van der Waals surface area contributed by atoms with Crippen molar-refractivity contribution in [1.82, 2.24) is 0 Å². The molecule has 1 amide bonds. The standard InChI is InChI=1S/C12H15NO3/c1-3-4-12(15)13-10-7-9(8-14)5-6-11(10)16-2/h5-8H,3-4H2,1-2H3,(H,13,15). The first-order valence-corrected chi connectivity index (χ1v) is 5.14. The Kier molecular flexibility index (Phi) is 4.51. The van der Waals surface area contributed by atoms with Crippen LogP contribution in [-0.4, -0.2) is 19.3 Å². The van der Waals surface area contributed by atoms with Gasteiger partial charge in [-0.1, -0.05) is 6.92 Å². The van der Waals surface area contributed by atoms with Crippen molar-refractivity contribution in [2.75, 3.05) is 12.4 Å². The molecule has 0 heterocycles. The summed E-state index contributed by atoms with van der Waals surface area (Å²) in [4.78, 5) is 22.0. The quantitative estimate of drug-likeness (QED) is 0.776. The number of aldehydes is 1. The van der Waals surface area contributed by atoms with E-state index >= 15 is 0 Å². The van der Waals surface area contributed by atoms with E-state index in [0.29, 0.717) is 23.4 Å². The summed E-state index contributed by atoms with van der Waals surface area (Å²) in [5.74, 6) is 0.471. The van der Waals surface area contributed by atoms with Gasteiger partial charge in [0.05, 0.1) is 12.8 Å². The van der Waals surface area contributed by atoms with E-state index in [1.807, 2.05) is 6.92 Å². The highest BCUT2D eigenvalue weighted by molar-refractivity contribution is 5.93. The molecule has 0 aromatic heterocycles. The maximum Gasteiger partial charge on any atom is 0.224 e. The molecule has 16 heavy (non-hydrogen) atoms. The van der Waals surface area contributed by atoms with Crippen molar-refractivity contribution in [1.29, 1.82) is 0 Å². The Balaban J connectivity index is 2.90. The van der Waals surface area contributed by atoms with Crippen LogP contribution >= 0.6 is 0 Å². The molecule has 0 saturated heterocycles. The van der Waals surface area contributed by atoms with Crippen molar-refractivity contribution < 1.29 is 14.3 Å². The number of hydrogen-bond donors (Lipinski definition) is 1. The SMILES string of the molecule is CCCC(=O)Nc1cc(C=O)ccc1OC. The number of methoxy groups -OCH3 is 1. The van der Waals surface area contributed by atoms with Crippen LogP contribution in [-0.2, 0) is 4.79 Å². The fourth-order valence-electron chi connectivity index (χ4n) is 1.34. The Hall–Kier alpha value is -1.84. The minimum atomic E-state index is -0.0798. The molecule has 0 radical (unpaired) electrons. The lowest BCUT2D eigenvalue weighted by molar-refractivity contribution is -0.116. The van der Waals surface area contributed by atoms with Gasteiger partial charge in [0.25, 0.3) is 0 Å². The molecule has 0 aliphatic heterocycles. The maximum absolute atomic E-state index is 11.4. The highest BCUT2D eigenvalue weighted by Gasteiger charge is 2.07. The van der Waals surface area contributed by atoms with E-state index in [2.05, 4.69) is 5.32 Å². The van der Waals surface area contributed by atoms with Crippen LogP contribution in [0.2, 0.25) is 0 Å². The molecule has 1 aromatic rings.